The molecule has 0 saturated heterocycles. The van der Waals surface area contributed by atoms with E-state index in [1.165, 1.54) is 0 Å². The lowest BCUT2D eigenvalue weighted by atomic mass is 10.1. The number of hydrogen-bond donors (Lipinski definition) is 1. The quantitative estimate of drug-likeness (QED) is 0.495. The molecule has 0 heterocycles. The van der Waals surface area contributed by atoms with E-state index < -0.39 is 28.3 Å². The van der Waals surface area contributed by atoms with Crippen molar-refractivity contribution in [2.45, 2.75) is 19.6 Å². The van der Waals surface area contributed by atoms with Gasteiger partial charge in [-0.1, -0.05) is 6.07 Å². The van der Waals surface area contributed by atoms with Crippen LogP contribution in [-0.4, -0.2) is 24.0 Å². The number of rotatable bonds is 6. The number of halogens is 3. The summed E-state index contributed by atoms with van der Waals surface area (Å²) >= 11 is 0. The number of nitro groups is 1. The van der Waals surface area contributed by atoms with Gasteiger partial charge in [-0.3, -0.25) is 14.9 Å². The molecule has 9 heteroatoms. The van der Waals surface area contributed by atoms with Crippen molar-refractivity contribution in [2.75, 3.05) is 13.2 Å². The van der Waals surface area contributed by atoms with Gasteiger partial charge in [-0.05, 0) is 13.0 Å². The Morgan fingerprint density at radius 3 is 2.62 bits per heavy atom. The molecule has 0 aromatic heterocycles. The van der Waals surface area contributed by atoms with Gasteiger partial charge in [-0.15, -0.1) is 0 Å². The first-order valence-corrected chi connectivity index (χ1v) is 5.96. The summed E-state index contributed by atoms with van der Waals surface area (Å²) in [5.41, 5.74) is -1.69. The number of nitrogens with one attached hydrogen (secondary N) is 1. The average molecular weight is 306 g/mol. The van der Waals surface area contributed by atoms with Crippen molar-refractivity contribution in [3.63, 3.8) is 0 Å². The second kappa shape index (κ2) is 7.02. The predicted octanol–water partition coefficient (Wildman–Crippen LogP) is 2.27. The first-order chi connectivity index (χ1) is 9.75. The van der Waals surface area contributed by atoms with Gasteiger partial charge in [-0.25, -0.2) is 0 Å². The van der Waals surface area contributed by atoms with Crippen LogP contribution in [-0.2, 0) is 22.3 Å². The molecular formula is C12H13F3N2O4. The Hall–Kier alpha value is -2.16. The molecule has 0 amide bonds. The second-order valence-corrected chi connectivity index (χ2v) is 4.01. The molecule has 0 bridgehead atoms. The summed E-state index contributed by atoms with van der Waals surface area (Å²) in [6, 6.07) is 2.24. The molecule has 0 aliphatic carbocycles. The highest BCUT2D eigenvalue weighted by atomic mass is 19.4. The minimum Gasteiger partial charge on any atom is -0.465 e. The van der Waals surface area contributed by atoms with Crippen LogP contribution in [0.2, 0.25) is 0 Å². The molecule has 1 aromatic carbocycles. The van der Waals surface area contributed by atoms with Crippen LogP contribution in [0.15, 0.2) is 18.2 Å². The van der Waals surface area contributed by atoms with Gasteiger partial charge in [0.2, 0.25) is 0 Å². The van der Waals surface area contributed by atoms with Crippen molar-refractivity contribution < 1.29 is 27.6 Å². The molecule has 0 aliphatic rings. The summed E-state index contributed by atoms with van der Waals surface area (Å²) < 4.78 is 42.2. The highest BCUT2D eigenvalue weighted by molar-refractivity contribution is 5.71. The van der Waals surface area contributed by atoms with Gasteiger partial charge in [0.25, 0.3) is 5.69 Å². The number of benzene rings is 1. The van der Waals surface area contributed by atoms with Gasteiger partial charge in [-0.2, -0.15) is 13.2 Å². The number of carbonyl (C=O) groups is 1. The lowest BCUT2D eigenvalue weighted by Gasteiger charge is -2.09. The van der Waals surface area contributed by atoms with E-state index in [1.807, 2.05) is 0 Å². The summed E-state index contributed by atoms with van der Waals surface area (Å²) in [5, 5.41) is 13.4. The van der Waals surface area contributed by atoms with Crippen molar-refractivity contribution in [2.24, 2.45) is 0 Å². The summed E-state index contributed by atoms with van der Waals surface area (Å²) in [4.78, 5) is 21.0. The van der Waals surface area contributed by atoms with Gasteiger partial charge in [0, 0.05) is 18.2 Å². The second-order valence-electron chi connectivity index (χ2n) is 4.01. The normalized spacial score (nSPS) is 11.2. The molecule has 6 nitrogen and oxygen atoms in total. The third kappa shape index (κ3) is 5.03. The highest BCUT2D eigenvalue weighted by Gasteiger charge is 2.32. The SMILES string of the molecule is CCOC(=O)CNCc1ccc(C(F)(F)F)cc1[N+](=O)[O-]. The first kappa shape index (κ1) is 16.9. The number of hydrogen-bond acceptors (Lipinski definition) is 5. The first-order valence-electron chi connectivity index (χ1n) is 5.96. The van der Waals surface area contributed by atoms with E-state index in [4.69, 9.17) is 0 Å². The molecule has 116 valence electrons. The monoisotopic (exact) mass is 306 g/mol. The van der Waals surface area contributed by atoms with E-state index in [-0.39, 0.29) is 25.3 Å². The minimum absolute atomic E-state index is 0.0531. The van der Waals surface area contributed by atoms with Crippen LogP contribution in [0.4, 0.5) is 18.9 Å². The number of alkyl halides is 3. The Bertz CT molecular complexity index is 532. The largest absolute Gasteiger partial charge is 0.465 e. The van der Waals surface area contributed by atoms with Crippen molar-refractivity contribution >= 4 is 11.7 Å². The van der Waals surface area contributed by atoms with Gasteiger partial charge < -0.3 is 10.1 Å². The van der Waals surface area contributed by atoms with Crippen LogP contribution < -0.4 is 5.32 Å². The Kier molecular flexibility index (Phi) is 5.65. The maximum absolute atomic E-state index is 12.5. The van der Waals surface area contributed by atoms with Gasteiger partial charge >= 0.3 is 12.1 Å². The van der Waals surface area contributed by atoms with Crippen molar-refractivity contribution in [1.82, 2.24) is 5.32 Å². The Morgan fingerprint density at radius 1 is 1.43 bits per heavy atom. The molecule has 21 heavy (non-hydrogen) atoms. The zero-order chi connectivity index (χ0) is 16.0. The van der Waals surface area contributed by atoms with E-state index in [1.54, 1.807) is 6.92 Å². The number of carbonyl (C=O) groups excluding carboxylic acids is 1. The summed E-state index contributed by atoms with van der Waals surface area (Å²) in [6.07, 6.45) is -4.65. The molecule has 1 N–H and O–H groups in total. The van der Waals surface area contributed by atoms with E-state index in [0.717, 1.165) is 12.1 Å². The molecular weight excluding hydrogens is 293 g/mol. The van der Waals surface area contributed by atoms with E-state index >= 15 is 0 Å². The fraction of sp³-hybridized carbons (Fsp3) is 0.417. The minimum atomic E-state index is -4.65. The topological polar surface area (TPSA) is 81.5 Å². The standard InChI is InChI=1S/C12H13F3N2O4/c1-2-21-11(18)7-16-6-8-3-4-9(12(13,14)15)5-10(8)17(19)20/h3-5,16H,2,6-7H2,1H3. The summed E-state index contributed by atoms with van der Waals surface area (Å²) in [5.74, 6) is -0.549. The maximum Gasteiger partial charge on any atom is 0.416 e. The van der Waals surface area contributed by atoms with Crippen molar-refractivity contribution in [1.29, 1.82) is 0 Å². The van der Waals surface area contributed by atoms with Crippen LogP contribution in [0.3, 0.4) is 0 Å². The fourth-order valence-electron chi connectivity index (χ4n) is 1.57. The van der Waals surface area contributed by atoms with Crippen LogP contribution in [0.5, 0.6) is 0 Å². The number of ether oxygens (including phenoxy) is 1. The van der Waals surface area contributed by atoms with Crippen LogP contribution in [0, 0.1) is 10.1 Å². The fourth-order valence-corrected chi connectivity index (χ4v) is 1.57. The zero-order valence-corrected chi connectivity index (χ0v) is 11.1. The Balaban J connectivity index is 2.83. The Morgan fingerprint density at radius 2 is 2.10 bits per heavy atom. The Labute approximate surface area is 118 Å². The number of nitro benzene ring substituents is 1. The lowest BCUT2D eigenvalue weighted by Crippen LogP contribution is -2.24. The summed E-state index contributed by atoms with van der Waals surface area (Å²) in [7, 11) is 0. The molecule has 1 rings (SSSR count). The molecule has 0 fully saturated rings. The molecule has 0 atom stereocenters. The van der Waals surface area contributed by atoms with Crippen LogP contribution >= 0.6 is 0 Å². The van der Waals surface area contributed by atoms with E-state index in [9.17, 15) is 28.1 Å². The van der Waals surface area contributed by atoms with Gasteiger partial charge in [0.1, 0.15) is 0 Å². The number of esters is 1. The highest BCUT2D eigenvalue weighted by Crippen LogP contribution is 2.32. The van der Waals surface area contributed by atoms with Crippen molar-refractivity contribution in [3.05, 3.63) is 39.4 Å². The van der Waals surface area contributed by atoms with Crippen LogP contribution in [0.1, 0.15) is 18.1 Å². The molecule has 0 aliphatic heterocycles. The van der Waals surface area contributed by atoms with Gasteiger partial charge in [0.15, 0.2) is 0 Å². The van der Waals surface area contributed by atoms with Crippen molar-refractivity contribution in [3.8, 4) is 0 Å². The van der Waals surface area contributed by atoms with E-state index in [2.05, 4.69) is 10.1 Å². The summed E-state index contributed by atoms with van der Waals surface area (Å²) in [6.45, 7) is 1.51. The zero-order valence-electron chi connectivity index (χ0n) is 11.1. The molecule has 0 radical (unpaired) electrons. The molecule has 0 unspecified atom stereocenters. The van der Waals surface area contributed by atoms with Gasteiger partial charge in [0.05, 0.1) is 23.6 Å². The maximum atomic E-state index is 12.5. The third-order valence-corrected chi connectivity index (χ3v) is 2.50. The van der Waals surface area contributed by atoms with E-state index in [0.29, 0.717) is 6.07 Å². The van der Waals surface area contributed by atoms with Crippen LogP contribution in [0.25, 0.3) is 0 Å². The molecule has 1 aromatic rings. The number of nitrogens with zero attached hydrogens (tertiary/aromatic N) is 1. The lowest BCUT2D eigenvalue weighted by molar-refractivity contribution is -0.385. The molecule has 0 saturated carbocycles. The third-order valence-electron chi connectivity index (χ3n) is 2.50. The molecule has 0 spiro atoms. The predicted molar refractivity (Wildman–Crippen MR) is 66.4 cm³/mol. The smallest absolute Gasteiger partial charge is 0.416 e. The average Bonchev–Trinajstić information content (AvgIpc) is 2.37.